The van der Waals surface area contributed by atoms with E-state index in [1.54, 1.807) is 0 Å². The van der Waals surface area contributed by atoms with Gasteiger partial charge in [-0.15, -0.1) is 0 Å². The summed E-state index contributed by atoms with van der Waals surface area (Å²) in [5.74, 6) is -0.558. The number of halogens is 2. The molecule has 1 aromatic carbocycles. The van der Waals surface area contributed by atoms with Crippen molar-refractivity contribution in [2.45, 2.75) is 43.0 Å². The van der Waals surface area contributed by atoms with Crippen LogP contribution in [-0.4, -0.2) is 76.3 Å². The van der Waals surface area contributed by atoms with Crippen molar-refractivity contribution in [3.05, 3.63) is 33.4 Å². The summed E-state index contributed by atoms with van der Waals surface area (Å²) >= 11 is 9.52. The van der Waals surface area contributed by atoms with Crippen molar-refractivity contribution in [1.82, 2.24) is 4.57 Å². The summed E-state index contributed by atoms with van der Waals surface area (Å²) in [6.07, 6.45) is -10.1. The van der Waals surface area contributed by atoms with Crippen LogP contribution in [0.2, 0.25) is 5.02 Å². The fourth-order valence-corrected chi connectivity index (χ4v) is 5.05. The van der Waals surface area contributed by atoms with Crippen LogP contribution in [0, 0.1) is 0 Å². The summed E-state index contributed by atoms with van der Waals surface area (Å²) < 4.78 is 17.9. The number of hydrogen-bond donors (Lipinski definition) is 7. The first-order valence-electron chi connectivity index (χ1n) is 8.41. The number of carbonyl (C=O) groups excluding carboxylic acids is 1. The second kappa shape index (κ2) is 7.91. The molecule has 1 aliphatic carbocycles. The Morgan fingerprint density at radius 3 is 2.13 bits per heavy atom. The molecule has 0 aliphatic heterocycles. The number of fused-ring (bicyclic) bond motifs is 1. The molecule has 0 saturated heterocycles. The van der Waals surface area contributed by atoms with Gasteiger partial charge in [0.15, 0.2) is 5.60 Å². The second-order valence-electron chi connectivity index (χ2n) is 6.92. The maximum atomic E-state index is 12.1. The molecule has 0 bridgehead atoms. The molecule has 1 aliphatic rings. The molecule has 0 radical (unpaired) electrons. The number of phosphoric acid groups is 1. The molecular weight excluding hydrogens is 513 g/mol. The Bertz CT molecular complexity index is 1040. The molecule has 3 rings (SSSR count). The molecule has 11 nitrogen and oxygen atoms in total. The molecule has 30 heavy (non-hydrogen) atoms. The zero-order valence-corrected chi connectivity index (χ0v) is 18.4. The summed E-state index contributed by atoms with van der Waals surface area (Å²) in [5.41, 5.74) is -3.14. The standard InChI is InChI=1S/C16H18BrClNO10P/c1-5(20)19-4-6(9-8(19)3-2-7(17)10(9)18)16(29-30(26,27)28)14(24)12(22)11(21)13(23)15(16)25/h2-4,11-15,21-25H,1H3,(H2,26,27,28)/t11-,12-,13+,14-,15-,16-/m0/s1. The molecule has 0 spiro atoms. The zero-order chi connectivity index (χ0) is 22.8. The predicted octanol–water partition coefficient (Wildman–Crippen LogP) is -0.160. The van der Waals surface area contributed by atoms with Crippen LogP contribution in [0.3, 0.4) is 0 Å². The van der Waals surface area contributed by atoms with Crippen molar-refractivity contribution in [3.63, 3.8) is 0 Å². The first-order valence-corrected chi connectivity index (χ1v) is 11.1. The Morgan fingerprint density at radius 2 is 1.67 bits per heavy atom. The Balaban J connectivity index is 2.48. The minimum absolute atomic E-state index is 0.0522. The highest BCUT2D eigenvalue weighted by molar-refractivity contribution is 9.10. The fraction of sp³-hybridized carbons (Fsp3) is 0.438. The van der Waals surface area contributed by atoms with Gasteiger partial charge in [0.2, 0.25) is 5.91 Å². The lowest BCUT2D eigenvalue weighted by Gasteiger charge is -2.50. The van der Waals surface area contributed by atoms with E-state index in [9.17, 15) is 44.7 Å². The Kier molecular flexibility index (Phi) is 6.27. The predicted molar refractivity (Wildman–Crippen MR) is 106 cm³/mol. The second-order valence-corrected chi connectivity index (χ2v) is 9.32. The van der Waals surface area contributed by atoms with Crippen LogP contribution in [0.1, 0.15) is 17.3 Å². The minimum atomic E-state index is -5.50. The van der Waals surface area contributed by atoms with Crippen molar-refractivity contribution < 1.29 is 49.2 Å². The van der Waals surface area contributed by atoms with Crippen LogP contribution in [0.5, 0.6) is 0 Å². The van der Waals surface area contributed by atoms with Crippen LogP contribution < -0.4 is 0 Å². The van der Waals surface area contributed by atoms with Gasteiger partial charge in [-0.1, -0.05) is 11.6 Å². The third-order valence-electron chi connectivity index (χ3n) is 5.12. The van der Waals surface area contributed by atoms with E-state index in [2.05, 4.69) is 15.9 Å². The highest BCUT2D eigenvalue weighted by atomic mass is 79.9. The number of phosphoric ester groups is 1. The number of aliphatic hydroxyl groups is 5. The van der Waals surface area contributed by atoms with E-state index in [-0.39, 0.29) is 15.9 Å². The van der Waals surface area contributed by atoms with E-state index in [4.69, 9.17) is 16.1 Å². The van der Waals surface area contributed by atoms with Gasteiger partial charge in [-0.25, -0.2) is 4.57 Å². The average molecular weight is 531 g/mol. The summed E-state index contributed by atoms with van der Waals surface area (Å²) in [7, 11) is -5.50. The van der Waals surface area contributed by atoms with Gasteiger partial charge in [0.1, 0.15) is 30.5 Å². The molecule has 1 fully saturated rings. The fourth-order valence-electron chi connectivity index (χ4n) is 3.75. The van der Waals surface area contributed by atoms with Gasteiger partial charge in [0.05, 0.1) is 10.5 Å². The van der Waals surface area contributed by atoms with E-state index in [0.717, 1.165) is 10.8 Å². The maximum absolute atomic E-state index is 12.1. The smallest absolute Gasteiger partial charge is 0.387 e. The molecule has 1 heterocycles. The first kappa shape index (κ1) is 23.8. The molecule has 166 valence electrons. The van der Waals surface area contributed by atoms with E-state index < -0.39 is 55.4 Å². The van der Waals surface area contributed by atoms with Crippen molar-refractivity contribution in [3.8, 4) is 0 Å². The molecular formula is C16H18BrClNO10P. The highest BCUT2D eigenvalue weighted by Gasteiger charge is 2.63. The lowest BCUT2D eigenvalue weighted by molar-refractivity contribution is -0.266. The number of carbonyl (C=O) groups is 1. The highest BCUT2D eigenvalue weighted by Crippen LogP contribution is 2.54. The summed E-state index contributed by atoms with van der Waals surface area (Å²) in [6.45, 7) is 1.18. The van der Waals surface area contributed by atoms with Crippen LogP contribution >= 0.6 is 35.4 Å². The summed E-state index contributed by atoms with van der Waals surface area (Å²) in [5, 5.41) is 51.7. The number of aromatic nitrogens is 1. The maximum Gasteiger partial charge on any atom is 0.470 e. The molecule has 2 aromatic rings. The van der Waals surface area contributed by atoms with Crippen molar-refractivity contribution >= 4 is 52.2 Å². The third kappa shape index (κ3) is 3.55. The van der Waals surface area contributed by atoms with Gasteiger partial charge >= 0.3 is 7.82 Å². The summed E-state index contributed by atoms with van der Waals surface area (Å²) in [4.78, 5) is 31.1. The third-order valence-corrected chi connectivity index (χ3v) is 6.94. The normalized spacial score (nSPS) is 32.5. The zero-order valence-electron chi connectivity index (χ0n) is 15.1. The Hall–Kier alpha value is -0.890. The number of hydrogen-bond acceptors (Lipinski definition) is 8. The number of benzene rings is 1. The van der Waals surface area contributed by atoms with E-state index in [1.165, 1.54) is 19.1 Å². The van der Waals surface area contributed by atoms with Crippen LogP contribution in [-0.2, 0) is 14.7 Å². The van der Waals surface area contributed by atoms with Crippen molar-refractivity contribution in [2.24, 2.45) is 0 Å². The molecule has 7 N–H and O–H groups in total. The molecule has 1 aromatic heterocycles. The SMILES string of the molecule is CC(=O)n1cc([C@@]2(OP(=O)(O)O)[C@@H](O)[C@H](O)[C@@H](O)[C@H](O)[C@@H]2O)c2c(Cl)c(Br)ccc21. The molecule has 0 amide bonds. The number of rotatable bonds is 3. The van der Waals surface area contributed by atoms with Crippen LogP contribution in [0.25, 0.3) is 10.9 Å². The lowest BCUT2D eigenvalue weighted by Crippen LogP contribution is -2.69. The molecule has 6 atom stereocenters. The van der Waals surface area contributed by atoms with Crippen molar-refractivity contribution in [1.29, 1.82) is 0 Å². The van der Waals surface area contributed by atoms with Crippen LogP contribution in [0.4, 0.5) is 0 Å². The van der Waals surface area contributed by atoms with Crippen LogP contribution in [0.15, 0.2) is 22.8 Å². The number of nitrogens with zero attached hydrogens (tertiary/aromatic N) is 1. The van der Waals surface area contributed by atoms with Gasteiger partial charge in [0.25, 0.3) is 0 Å². The minimum Gasteiger partial charge on any atom is -0.387 e. The molecule has 1 saturated carbocycles. The molecule has 0 unspecified atom stereocenters. The van der Waals surface area contributed by atoms with Crippen molar-refractivity contribution in [2.75, 3.05) is 0 Å². The topological polar surface area (TPSA) is 190 Å². The first-order chi connectivity index (χ1) is 13.7. The Morgan fingerprint density at radius 1 is 1.13 bits per heavy atom. The average Bonchev–Trinajstić information content (AvgIpc) is 3.05. The van der Waals surface area contributed by atoms with Gasteiger partial charge in [0, 0.05) is 28.5 Å². The van der Waals surface area contributed by atoms with Gasteiger partial charge in [-0.2, -0.15) is 0 Å². The Labute approximate surface area is 182 Å². The van der Waals surface area contributed by atoms with Gasteiger partial charge in [-0.05, 0) is 28.1 Å². The lowest BCUT2D eigenvalue weighted by atomic mass is 9.71. The van der Waals surface area contributed by atoms with E-state index in [1.807, 2.05) is 0 Å². The largest absolute Gasteiger partial charge is 0.470 e. The molecule has 14 heteroatoms. The van der Waals surface area contributed by atoms with E-state index in [0.29, 0.717) is 4.47 Å². The number of aliphatic hydroxyl groups excluding tert-OH is 5. The quantitative estimate of drug-likeness (QED) is 0.263. The van der Waals surface area contributed by atoms with Gasteiger partial charge < -0.3 is 35.3 Å². The van der Waals surface area contributed by atoms with E-state index >= 15 is 0 Å². The van der Waals surface area contributed by atoms with Gasteiger partial charge in [-0.3, -0.25) is 13.9 Å². The summed E-state index contributed by atoms with van der Waals surface area (Å²) in [6, 6.07) is 2.93. The monoisotopic (exact) mass is 529 g/mol.